The predicted molar refractivity (Wildman–Crippen MR) is 84.1 cm³/mol. The molecule has 1 aromatic carbocycles. The Kier molecular flexibility index (Phi) is 5.81. The molecule has 1 aliphatic heterocycles. The Morgan fingerprint density at radius 2 is 2.09 bits per heavy atom. The lowest BCUT2D eigenvalue weighted by Crippen LogP contribution is -2.54. The van der Waals surface area contributed by atoms with Crippen LogP contribution in [0.5, 0.6) is 0 Å². The van der Waals surface area contributed by atoms with Crippen molar-refractivity contribution in [1.82, 2.24) is 15.1 Å². The van der Waals surface area contributed by atoms with E-state index in [1.165, 1.54) is 4.90 Å². The second kappa shape index (κ2) is 7.82. The van der Waals surface area contributed by atoms with E-state index in [1.807, 2.05) is 12.1 Å². The van der Waals surface area contributed by atoms with Crippen molar-refractivity contribution in [2.24, 2.45) is 0 Å². The van der Waals surface area contributed by atoms with Crippen LogP contribution in [-0.2, 0) is 16.1 Å². The first kappa shape index (κ1) is 17.1. The van der Waals surface area contributed by atoms with Crippen molar-refractivity contribution < 1.29 is 19.5 Å². The Balaban J connectivity index is 1.83. The van der Waals surface area contributed by atoms with Crippen LogP contribution in [0.15, 0.2) is 24.3 Å². The SMILES string of the molecule is O=C(O)CCNC(=O)N1CCN(Cc2cccc(Cl)c2)C(=O)C1. The van der Waals surface area contributed by atoms with Crippen molar-refractivity contribution in [2.75, 3.05) is 26.2 Å². The molecule has 8 heteroatoms. The van der Waals surface area contributed by atoms with Crippen LogP contribution in [0, 0.1) is 0 Å². The molecule has 1 fully saturated rings. The summed E-state index contributed by atoms with van der Waals surface area (Å²) in [5.74, 6) is -1.13. The summed E-state index contributed by atoms with van der Waals surface area (Å²) in [4.78, 5) is 37.5. The number of nitrogens with zero attached hydrogens (tertiary/aromatic N) is 2. The zero-order valence-corrected chi connectivity index (χ0v) is 13.3. The number of hydrogen-bond acceptors (Lipinski definition) is 3. The number of amides is 3. The van der Waals surface area contributed by atoms with Gasteiger partial charge in [-0.05, 0) is 17.7 Å². The van der Waals surface area contributed by atoms with E-state index in [9.17, 15) is 14.4 Å². The summed E-state index contributed by atoms with van der Waals surface area (Å²) in [6.07, 6.45) is -0.144. The minimum absolute atomic E-state index is 0.0144. The lowest BCUT2D eigenvalue weighted by molar-refractivity contribution is -0.137. The molecule has 1 aliphatic rings. The molecule has 0 spiro atoms. The Morgan fingerprint density at radius 3 is 2.74 bits per heavy atom. The smallest absolute Gasteiger partial charge is 0.317 e. The maximum atomic E-state index is 12.2. The van der Waals surface area contributed by atoms with Crippen LogP contribution in [0.1, 0.15) is 12.0 Å². The van der Waals surface area contributed by atoms with Crippen LogP contribution >= 0.6 is 11.6 Å². The molecule has 1 aromatic rings. The summed E-state index contributed by atoms with van der Waals surface area (Å²) in [7, 11) is 0. The second-order valence-corrected chi connectivity index (χ2v) is 5.68. The van der Waals surface area contributed by atoms with Crippen LogP contribution in [0.3, 0.4) is 0 Å². The number of carbonyl (C=O) groups is 3. The lowest BCUT2D eigenvalue weighted by atomic mass is 10.2. The number of rotatable bonds is 5. The van der Waals surface area contributed by atoms with Crippen LogP contribution in [-0.4, -0.2) is 59.0 Å². The highest BCUT2D eigenvalue weighted by molar-refractivity contribution is 6.30. The molecule has 0 atom stereocenters. The summed E-state index contributed by atoms with van der Waals surface area (Å²) in [6.45, 7) is 1.32. The van der Waals surface area contributed by atoms with Gasteiger partial charge in [-0.3, -0.25) is 9.59 Å². The fourth-order valence-electron chi connectivity index (χ4n) is 2.29. The Bertz CT molecular complexity index is 608. The van der Waals surface area contributed by atoms with E-state index >= 15 is 0 Å². The van der Waals surface area contributed by atoms with Crippen molar-refractivity contribution >= 4 is 29.5 Å². The van der Waals surface area contributed by atoms with Crippen molar-refractivity contribution in [3.8, 4) is 0 Å². The van der Waals surface area contributed by atoms with Gasteiger partial charge in [0.1, 0.15) is 6.54 Å². The van der Waals surface area contributed by atoms with Crippen LogP contribution in [0.25, 0.3) is 0 Å². The zero-order chi connectivity index (χ0) is 16.8. The zero-order valence-electron chi connectivity index (χ0n) is 12.5. The molecular weight excluding hydrogens is 322 g/mol. The van der Waals surface area contributed by atoms with Crippen LogP contribution < -0.4 is 5.32 Å². The van der Waals surface area contributed by atoms with Crippen molar-refractivity contribution in [3.05, 3.63) is 34.9 Å². The average molecular weight is 340 g/mol. The van der Waals surface area contributed by atoms with E-state index in [0.29, 0.717) is 24.7 Å². The molecule has 0 radical (unpaired) electrons. The first-order valence-electron chi connectivity index (χ1n) is 7.22. The largest absolute Gasteiger partial charge is 0.481 e. The maximum Gasteiger partial charge on any atom is 0.317 e. The van der Waals surface area contributed by atoms with Gasteiger partial charge in [0.2, 0.25) is 5.91 Å². The van der Waals surface area contributed by atoms with Crippen molar-refractivity contribution in [3.63, 3.8) is 0 Å². The molecule has 1 saturated heterocycles. The number of carboxylic acid groups (broad SMARTS) is 1. The number of carboxylic acids is 1. The number of halogens is 1. The van der Waals surface area contributed by atoms with Crippen molar-refractivity contribution in [1.29, 1.82) is 0 Å². The highest BCUT2D eigenvalue weighted by atomic mass is 35.5. The van der Waals surface area contributed by atoms with Gasteiger partial charge in [0.05, 0.1) is 6.42 Å². The van der Waals surface area contributed by atoms with Gasteiger partial charge in [-0.15, -0.1) is 0 Å². The van der Waals surface area contributed by atoms with E-state index in [1.54, 1.807) is 17.0 Å². The van der Waals surface area contributed by atoms with Gasteiger partial charge in [-0.25, -0.2) is 4.79 Å². The highest BCUT2D eigenvalue weighted by Gasteiger charge is 2.27. The first-order valence-corrected chi connectivity index (χ1v) is 7.60. The van der Waals surface area contributed by atoms with Gasteiger partial charge in [-0.2, -0.15) is 0 Å². The van der Waals surface area contributed by atoms with E-state index in [4.69, 9.17) is 16.7 Å². The maximum absolute atomic E-state index is 12.2. The van der Waals surface area contributed by atoms with E-state index in [0.717, 1.165) is 5.56 Å². The third-order valence-corrected chi connectivity index (χ3v) is 3.72. The standard InChI is InChI=1S/C15H18ClN3O4/c16-12-3-1-2-11(8-12)9-18-6-7-19(10-13(18)20)15(23)17-5-4-14(21)22/h1-3,8H,4-7,9-10H2,(H,17,23)(H,21,22). The van der Waals surface area contributed by atoms with E-state index < -0.39 is 12.0 Å². The van der Waals surface area contributed by atoms with Crippen LogP contribution in [0.2, 0.25) is 5.02 Å². The Hall–Kier alpha value is -2.28. The van der Waals surface area contributed by atoms with E-state index in [-0.39, 0.29) is 25.4 Å². The number of aliphatic carboxylic acids is 1. The molecule has 0 unspecified atom stereocenters. The monoisotopic (exact) mass is 339 g/mol. The van der Waals surface area contributed by atoms with Crippen LogP contribution in [0.4, 0.5) is 4.79 Å². The average Bonchev–Trinajstić information content (AvgIpc) is 2.49. The number of hydrogen-bond donors (Lipinski definition) is 2. The molecule has 2 rings (SSSR count). The molecular formula is C15H18ClN3O4. The lowest BCUT2D eigenvalue weighted by Gasteiger charge is -2.34. The van der Waals surface area contributed by atoms with Gasteiger partial charge in [0, 0.05) is 31.2 Å². The van der Waals surface area contributed by atoms with Gasteiger partial charge < -0.3 is 20.2 Å². The minimum Gasteiger partial charge on any atom is -0.481 e. The predicted octanol–water partition coefficient (Wildman–Crippen LogP) is 1.17. The molecule has 124 valence electrons. The van der Waals surface area contributed by atoms with Gasteiger partial charge >= 0.3 is 12.0 Å². The summed E-state index contributed by atoms with van der Waals surface area (Å²) in [5.41, 5.74) is 0.935. The Labute approximate surface area is 138 Å². The first-order chi connectivity index (χ1) is 11.0. The fraction of sp³-hybridized carbons (Fsp3) is 0.400. The number of piperazine rings is 1. The Morgan fingerprint density at radius 1 is 1.30 bits per heavy atom. The van der Waals surface area contributed by atoms with E-state index in [2.05, 4.69) is 5.32 Å². The molecule has 23 heavy (non-hydrogen) atoms. The quantitative estimate of drug-likeness (QED) is 0.842. The minimum atomic E-state index is -0.979. The molecule has 0 aromatic heterocycles. The third kappa shape index (κ3) is 5.14. The molecule has 3 amide bonds. The highest BCUT2D eigenvalue weighted by Crippen LogP contribution is 2.14. The second-order valence-electron chi connectivity index (χ2n) is 5.24. The number of carbonyl (C=O) groups excluding carboxylic acids is 2. The van der Waals surface area contributed by atoms with Gasteiger partial charge in [0.25, 0.3) is 0 Å². The van der Waals surface area contributed by atoms with Crippen molar-refractivity contribution in [2.45, 2.75) is 13.0 Å². The fourth-order valence-corrected chi connectivity index (χ4v) is 2.51. The van der Waals surface area contributed by atoms with Gasteiger partial charge in [-0.1, -0.05) is 23.7 Å². The number of nitrogens with one attached hydrogen (secondary N) is 1. The summed E-state index contributed by atoms with van der Waals surface area (Å²) < 4.78 is 0. The third-order valence-electron chi connectivity index (χ3n) is 3.48. The summed E-state index contributed by atoms with van der Waals surface area (Å²) in [5, 5.41) is 11.6. The molecule has 1 heterocycles. The summed E-state index contributed by atoms with van der Waals surface area (Å²) >= 11 is 5.93. The molecule has 0 aliphatic carbocycles. The molecule has 0 bridgehead atoms. The normalized spacial score (nSPS) is 14.7. The molecule has 2 N–H and O–H groups in total. The number of benzene rings is 1. The molecule has 0 saturated carbocycles. The molecule has 7 nitrogen and oxygen atoms in total. The van der Waals surface area contributed by atoms with Gasteiger partial charge in [0.15, 0.2) is 0 Å². The number of urea groups is 1. The summed E-state index contributed by atoms with van der Waals surface area (Å²) in [6, 6.07) is 6.88. The topological polar surface area (TPSA) is 89.9 Å².